The number of hydrogen-bond donors (Lipinski definition) is 1. The molecule has 0 bridgehead atoms. The van der Waals surface area contributed by atoms with E-state index in [4.69, 9.17) is 0 Å². The molecule has 0 aliphatic carbocycles. The number of halogens is 1. The normalized spacial score (nSPS) is 18.3. The maximum atomic E-state index is 12.5. The summed E-state index contributed by atoms with van der Waals surface area (Å²) in [6.45, 7) is 7.69. The first-order chi connectivity index (χ1) is 11.8. The minimum absolute atomic E-state index is 0.0713. The topological polar surface area (TPSA) is 58.1 Å². The monoisotopic (exact) mass is 450 g/mol. The molecule has 1 amide bonds. The third-order valence-electron chi connectivity index (χ3n) is 4.42. The Morgan fingerprint density at radius 1 is 1.32 bits per heavy atom. The number of likely N-dealkylation sites (tertiary alicyclic amines) is 1. The van der Waals surface area contributed by atoms with E-state index in [1.54, 1.807) is 6.20 Å². The van der Waals surface area contributed by atoms with Crippen molar-refractivity contribution in [3.8, 4) is 0 Å². The van der Waals surface area contributed by atoms with Crippen LogP contribution >= 0.6 is 22.6 Å². The molecule has 1 saturated heterocycles. The highest BCUT2D eigenvalue weighted by atomic mass is 127. The van der Waals surface area contributed by atoms with Crippen LogP contribution < -0.4 is 5.32 Å². The van der Waals surface area contributed by atoms with Crippen molar-refractivity contribution in [2.45, 2.75) is 45.2 Å². The van der Waals surface area contributed by atoms with Gasteiger partial charge in [-0.25, -0.2) is 4.98 Å². The Morgan fingerprint density at radius 3 is 2.84 bits per heavy atom. The maximum absolute atomic E-state index is 12.5. The van der Waals surface area contributed by atoms with Gasteiger partial charge in [0.1, 0.15) is 5.69 Å². The van der Waals surface area contributed by atoms with Gasteiger partial charge in [0.05, 0.1) is 24.1 Å². The molecule has 1 atom stereocenters. The van der Waals surface area contributed by atoms with Gasteiger partial charge in [0.25, 0.3) is 5.91 Å². The molecule has 0 saturated carbocycles. The van der Waals surface area contributed by atoms with Gasteiger partial charge < -0.3 is 5.32 Å². The van der Waals surface area contributed by atoms with E-state index in [2.05, 4.69) is 63.5 Å². The van der Waals surface area contributed by atoms with Crippen molar-refractivity contribution in [1.82, 2.24) is 14.9 Å². The van der Waals surface area contributed by atoms with Crippen LogP contribution in [-0.2, 0) is 0 Å². The van der Waals surface area contributed by atoms with Gasteiger partial charge in [-0.15, -0.1) is 0 Å². The first-order valence-electron chi connectivity index (χ1n) is 8.50. The molecule has 2 heterocycles. The van der Waals surface area contributed by atoms with Crippen molar-refractivity contribution in [1.29, 1.82) is 0 Å². The van der Waals surface area contributed by atoms with Crippen molar-refractivity contribution in [3.63, 3.8) is 0 Å². The van der Waals surface area contributed by atoms with Crippen LogP contribution in [0.3, 0.4) is 0 Å². The first kappa shape index (κ1) is 18.3. The standard InChI is InChI=1S/C19H23IN4O/c1-19(2,3)24-9-5-8-17(24)15-11-21-12-16(23-15)18(25)22-14-7-4-6-13(20)10-14/h4,6-7,10-12,17H,5,8-9H2,1-3H3,(H,22,25). The van der Waals surface area contributed by atoms with Crippen LogP contribution in [0.4, 0.5) is 5.69 Å². The molecule has 1 N–H and O–H groups in total. The van der Waals surface area contributed by atoms with Gasteiger partial charge >= 0.3 is 0 Å². The zero-order valence-electron chi connectivity index (χ0n) is 14.8. The summed E-state index contributed by atoms with van der Waals surface area (Å²) in [4.78, 5) is 23.9. The Labute approximate surface area is 162 Å². The number of benzene rings is 1. The van der Waals surface area contributed by atoms with E-state index in [-0.39, 0.29) is 17.5 Å². The molecule has 0 radical (unpaired) electrons. The smallest absolute Gasteiger partial charge is 0.275 e. The number of hydrogen-bond acceptors (Lipinski definition) is 4. The van der Waals surface area contributed by atoms with Gasteiger partial charge in [-0.1, -0.05) is 6.07 Å². The van der Waals surface area contributed by atoms with Gasteiger partial charge in [0, 0.05) is 14.8 Å². The summed E-state index contributed by atoms with van der Waals surface area (Å²) >= 11 is 2.22. The quantitative estimate of drug-likeness (QED) is 0.710. The summed E-state index contributed by atoms with van der Waals surface area (Å²) in [5, 5.41) is 2.90. The molecule has 25 heavy (non-hydrogen) atoms. The Hall–Kier alpha value is -1.54. The second-order valence-electron chi connectivity index (χ2n) is 7.32. The van der Waals surface area contributed by atoms with E-state index in [0.717, 1.165) is 34.3 Å². The summed E-state index contributed by atoms with van der Waals surface area (Å²) in [6, 6.07) is 7.92. The number of nitrogens with one attached hydrogen (secondary N) is 1. The van der Waals surface area contributed by atoms with E-state index in [1.165, 1.54) is 6.20 Å². The Morgan fingerprint density at radius 2 is 2.12 bits per heavy atom. The number of carbonyl (C=O) groups is 1. The molecular weight excluding hydrogens is 427 g/mol. The Kier molecular flexibility index (Phi) is 5.38. The fourth-order valence-electron chi connectivity index (χ4n) is 3.29. The van der Waals surface area contributed by atoms with Crippen LogP contribution in [0.2, 0.25) is 0 Å². The van der Waals surface area contributed by atoms with Gasteiger partial charge in [-0.05, 0) is 80.9 Å². The van der Waals surface area contributed by atoms with Gasteiger partial charge in [0.15, 0.2) is 0 Å². The molecular formula is C19H23IN4O. The average Bonchev–Trinajstić information content (AvgIpc) is 3.05. The van der Waals surface area contributed by atoms with Crippen molar-refractivity contribution in [2.75, 3.05) is 11.9 Å². The number of carbonyl (C=O) groups excluding carboxylic acids is 1. The zero-order valence-corrected chi connectivity index (χ0v) is 16.9. The van der Waals surface area contributed by atoms with Crippen LogP contribution in [0.1, 0.15) is 55.8 Å². The van der Waals surface area contributed by atoms with Crippen LogP contribution in [0.5, 0.6) is 0 Å². The largest absolute Gasteiger partial charge is 0.321 e. The minimum Gasteiger partial charge on any atom is -0.321 e. The number of nitrogens with zero attached hydrogens (tertiary/aromatic N) is 3. The first-order valence-corrected chi connectivity index (χ1v) is 9.58. The molecule has 1 aromatic heterocycles. The lowest BCUT2D eigenvalue weighted by Crippen LogP contribution is -2.41. The summed E-state index contributed by atoms with van der Waals surface area (Å²) in [7, 11) is 0. The number of anilines is 1. The molecule has 1 aliphatic heterocycles. The molecule has 1 aromatic carbocycles. The third-order valence-corrected chi connectivity index (χ3v) is 5.10. The number of amides is 1. The second kappa shape index (κ2) is 7.37. The SMILES string of the molecule is CC(C)(C)N1CCCC1c1cncc(C(=O)Nc2cccc(I)c2)n1. The molecule has 1 aliphatic rings. The summed E-state index contributed by atoms with van der Waals surface area (Å²) in [5.74, 6) is -0.225. The van der Waals surface area contributed by atoms with Crippen molar-refractivity contribution in [2.24, 2.45) is 0 Å². The van der Waals surface area contributed by atoms with E-state index in [9.17, 15) is 4.79 Å². The van der Waals surface area contributed by atoms with Crippen molar-refractivity contribution < 1.29 is 4.79 Å². The zero-order chi connectivity index (χ0) is 18.0. The van der Waals surface area contributed by atoms with Gasteiger partial charge in [-0.2, -0.15) is 0 Å². The molecule has 6 heteroatoms. The summed E-state index contributed by atoms with van der Waals surface area (Å²) < 4.78 is 1.07. The minimum atomic E-state index is -0.225. The predicted octanol–water partition coefficient (Wildman–Crippen LogP) is 4.27. The second-order valence-corrected chi connectivity index (χ2v) is 8.56. The fourth-order valence-corrected chi connectivity index (χ4v) is 3.83. The highest BCUT2D eigenvalue weighted by Gasteiger charge is 2.35. The molecule has 1 unspecified atom stereocenters. The van der Waals surface area contributed by atoms with E-state index < -0.39 is 0 Å². The average molecular weight is 450 g/mol. The van der Waals surface area contributed by atoms with Crippen LogP contribution in [-0.4, -0.2) is 32.9 Å². The molecule has 5 nitrogen and oxygen atoms in total. The maximum Gasteiger partial charge on any atom is 0.275 e. The van der Waals surface area contributed by atoms with Crippen LogP contribution in [0.25, 0.3) is 0 Å². The van der Waals surface area contributed by atoms with E-state index in [0.29, 0.717) is 5.69 Å². The van der Waals surface area contributed by atoms with Gasteiger partial charge in [-0.3, -0.25) is 14.7 Å². The third kappa shape index (κ3) is 4.36. The van der Waals surface area contributed by atoms with E-state index in [1.807, 2.05) is 24.3 Å². The molecule has 132 valence electrons. The lowest BCUT2D eigenvalue weighted by atomic mass is 10.0. The summed E-state index contributed by atoms with van der Waals surface area (Å²) in [5.41, 5.74) is 2.07. The number of aromatic nitrogens is 2. The van der Waals surface area contributed by atoms with Gasteiger partial charge in [0.2, 0.25) is 0 Å². The molecule has 3 rings (SSSR count). The van der Waals surface area contributed by atoms with E-state index >= 15 is 0 Å². The highest BCUT2D eigenvalue weighted by Crippen LogP contribution is 2.36. The lowest BCUT2D eigenvalue weighted by molar-refractivity contribution is 0.101. The lowest BCUT2D eigenvalue weighted by Gasteiger charge is -2.36. The highest BCUT2D eigenvalue weighted by molar-refractivity contribution is 14.1. The Bertz CT molecular complexity index is 772. The molecule has 1 fully saturated rings. The molecule has 2 aromatic rings. The number of rotatable bonds is 3. The predicted molar refractivity (Wildman–Crippen MR) is 108 cm³/mol. The van der Waals surface area contributed by atoms with Crippen LogP contribution in [0.15, 0.2) is 36.7 Å². The molecule has 0 spiro atoms. The summed E-state index contributed by atoms with van der Waals surface area (Å²) in [6.07, 6.45) is 5.51. The fraction of sp³-hybridized carbons (Fsp3) is 0.421. The van der Waals surface area contributed by atoms with Crippen LogP contribution in [0, 0.1) is 3.57 Å². The van der Waals surface area contributed by atoms with Crippen molar-refractivity contribution in [3.05, 3.63) is 51.6 Å². The van der Waals surface area contributed by atoms with Crippen molar-refractivity contribution >= 4 is 34.2 Å². The Balaban J connectivity index is 1.80.